The van der Waals surface area contributed by atoms with Crippen LogP contribution < -0.4 is 0 Å². The highest BCUT2D eigenvalue weighted by Crippen LogP contribution is 2.33. The van der Waals surface area contributed by atoms with Crippen LogP contribution in [0.25, 0.3) is 0 Å². The Morgan fingerprint density at radius 3 is 2.96 bits per heavy atom. The SMILES string of the molecule is CCCc1nc(CN(CC)Cc2ccc(C3CCCO3)s2)no1. The van der Waals surface area contributed by atoms with Crippen LogP contribution >= 0.6 is 11.3 Å². The van der Waals surface area contributed by atoms with Gasteiger partial charge in [-0.2, -0.15) is 4.98 Å². The van der Waals surface area contributed by atoms with Gasteiger partial charge >= 0.3 is 0 Å². The molecule has 1 aliphatic heterocycles. The van der Waals surface area contributed by atoms with Crippen LogP contribution in [0, 0.1) is 0 Å². The molecular weight excluding hydrogens is 310 g/mol. The quantitative estimate of drug-likeness (QED) is 0.731. The van der Waals surface area contributed by atoms with Gasteiger partial charge in [0.2, 0.25) is 5.89 Å². The minimum absolute atomic E-state index is 0.317. The summed E-state index contributed by atoms with van der Waals surface area (Å²) in [6.45, 7) is 7.80. The third-order valence-corrected chi connectivity index (χ3v) is 5.26. The zero-order valence-corrected chi connectivity index (χ0v) is 14.8. The summed E-state index contributed by atoms with van der Waals surface area (Å²) in [5, 5.41) is 4.09. The minimum atomic E-state index is 0.317. The number of ether oxygens (including phenoxy) is 1. The van der Waals surface area contributed by atoms with E-state index in [1.807, 2.05) is 11.3 Å². The second kappa shape index (κ2) is 8.04. The van der Waals surface area contributed by atoms with Crippen molar-refractivity contribution in [2.24, 2.45) is 0 Å². The standard InChI is InChI=1S/C17H25N3O2S/c1-3-6-17-18-16(19-22-17)12-20(4-2)11-13-8-9-15(23-13)14-7-5-10-21-14/h8-9,14H,3-7,10-12H2,1-2H3. The first-order valence-electron chi connectivity index (χ1n) is 8.52. The molecule has 0 radical (unpaired) electrons. The van der Waals surface area contributed by atoms with Crippen LogP contribution in [-0.2, 0) is 24.2 Å². The summed E-state index contributed by atoms with van der Waals surface area (Å²) in [5.74, 6) is 1.53. The van der Waals surface area contributed by atoms with Gasteiger partial charge in [-0.3, -0.25) is 4.90 Å². The Morgan fingerprint density at radius 1 is 1.30 bits per heavy atom. The fourth-order valence-electron chi connectivity index (χ4n) is 2.82. The molecule has 0 saturated carbocycles. The van der Waals surface area contributed by atoms with Crippen molar-refractivity contribution < 1.29 is 9.26 Å². The van der Waals surface area contributed by atoms with Gasteiger partial charge in [-0.1, -0.05) is 19.0 Å². The molecule has 1 unspecified atom stereocenters. The highest BCUT2D eigenvalue weighted by Gasteiger charge is 2.20. The maximum atomic E-state index is 5.77. The highest BCUT2D eigenvalue weighted by atomic mass is 32.1. The molecule has 0 N–H and O–H groups in total. The van der Waals surface area contributed by atoms with Crippen LogP contribution in [0.3, 0.4) is 0 Å². The molecule has 1 fully saturated rings. The number of aryl methyl sites for hydroxylation is 1. The van der Waals surface area contributed by atoms with E-state index in [2.05, 4.69) is 41.0 Å². The van der Waals surface area contributed by atoms with Crippen molar-refractivity contribution in [1.29, 1.82) is 0 Å². The van der Waals surface area contributed by atoms with E-state index in [9.17, 15) is 0 Å². The maximum absolute atomic E-state index is 5.77. The monoisotopic (exact) mass is 335 g/mol. The first-order chi connectivity index (χ1) is 11.3. The topological polar surface area (TPSA) is 51.4 Å². The molecular formula is C17H25N3O2S. The highest BCUT2D eigenvalue weighted by molar-refractivity contribution is 7.12. The van der Waals surface area contributed by atoms with E-state index in [4.69, 9.17) is 9.26 Å². The van der Waals surface area contributed by atoms with Crippen molar-refractivity contribution in [1.82, 2.24) is 15.0 Å². The molecule has 1 saturated heterocycles. The van der Waals surface area contributed by atoms with Gasteiger partial charge in [0.15, 0.2) is 5.82 Å². The molecule has 0 amide bonds. The average molecular weight is 335 g/mol. The van der Waals surface area contributed by atoms with Crippen molar-refractivity contribution in [3.63, 3.8) is 0 Å². The van der Waals surface area contributed by atoms with Crippen molar-refractivity contribution in [3.8, 4) is 0 Å². The van der Waals surface area contributed by atoms with Gasteiger partial charge in [0, 0.05) is 29.3 Å². The summed E-state index contributed by atoms with van der Waals surface area (Å²) < 4.78 is 11.0. The molecule has 0 bridgehead atoms. The van der Waals surface area contributed by atoms with Gasteiger partial charge in [-0.15, -0.1) is 11.3 Å². The Hall–Kier alpha value is -1.24. The lowest BCUT2D eigenvalue weighted by Crippen LogP contribution is -2.22. The second-order valence-corrected chi connectivity index (χ2v) is 7.16. The molecule has 23 heavy (non-hydrogen) atoms. The number of aromatic nitrogens is 2. The molecule has 1 atom stereocenters. The lowest BCUT2D eigenvalue weighted by Gasteiger charge is -2.17. The zero-order valence-electron chi connectivity index (χ0n) is 14.0. The van der Waals surface area contributed by atoms with Gasteiger partial charge in [0.1, 0.15) is 0 Å². The Morgan fingerprint density at radius 2 is 2.22 bits per heavy atom. The number of hydrogen-bond acceptors (Lipinski definition) is 6. The Kier molecular flexibility index (Phi) is 5.80. The second-order valence-electron chi connectivity index (χ2n) is 5.96. The van der Waals surface area contributed by atoms with E-state index < -0.39 is 0 Å². The summed E-state index contributed by atoms with van der Waals surface area (Å²) in [6.07, 6.45) is 4.53. The Bertz CT molecular complexity index is 605. The molecule has 2 aromatic rings. The van der Waals surface area contributed by atoms with Crippen molar-refractivity contribution in [3.05, 3.63) is 33.6 Å². The van der Waals surface area contributed by atoms with E-state index in [0.29, 0.717) is 6.10 Å². The minimum Gasteiger partial charge on any atom is -0.373 e. The number of hydrogen-bond donors (Lipinski definition) is 0. The lowest BCUT2D eigenvalue weighted by atomic mass is 10.2. The van der Waals surface area contributed by atoms with Gasteiger partial charge in [0.25, 0.3) is 0 Å². The van der Waals surface area contributed by atoms with Crippen LogP contribution in [0.5, 0.6) is 0 Å². The van der Waals surface area contributed by atoms with Crippen molar-refractivity contribution >= 4 is 11.3 Å². The average Bonchev–Trinajstić information content (AvgIpc) is 3.28. The molecule has 5 nitrogen and oxygen atoms in total. The number of rotatable bonds is 8. The van der Waals surface area contributed by atoms with Crippen LogP contribution in [-0.4, -0.2) is 28.2 Å². The van der Waals surface area contributed by atoms with Gasteiger partial charge < -0.3 is 9.26 Å². The molecule has 126 valence electrons. The van der Waals surface area contributed by atoms with Crippen molar-refractivity contribution in [2.75, 3.05) is 13.2 Å². The third kappa shape index (κ3) is 4.40. The summed E-state index contributed by atoms with van der Waals surface area (Å²) in [7, 11) is 0. The molecule has 3 heterocycles. The first-order valence-corrected chi connectivity index (χ1v) is 9.34. The Labute approximate surface area is 141 Å². The first kappa shape index (κ1) is 16.6. The molecule has 2 aromatic heterocycles. The van der Waals surface area contributed by atoms with Crippen molar-refractivity contribution in [2.45, 2.75) is 58.7 Å². The van der Waals surface area contributed by atoms with Gasteiger partial charge in [0.05, 0.1) is 12.6 Å². The maximum Gasteiger partial charge on any atom is 0.226 e. The molecule has 0 spiro atoms. The summed E-state index contributed by atoms with van der Waals surface area (Å²) in [4.78, 5) is 9.53. The fourth-order valence-corrected chi connectivity index (χ4v) is 3.96. The molecule has 0 aromatic carbocycles. The smallest absolute Gasteiger partial charge is 0.226 e. The summed E-state index contributed by atoms with van der Waals surface area (Å²) in [6, 6.07) is 4.45. The van der Waals surface area contributed by atoms with Crippen LogP contribution in [0.1, 0.15) is 60.7 Å². The predicted octanol–water partition coefficient (Wildman–Crippen LogP) is 3.96. The number of nitrogens with zero attached hydrogens (tertiary/aromatic N) is 3. The summed E-state index contributed by atoms with van der Waals surface area (Å²) in [5.41, 5.74) is 0. The molecule has 3 rings (SSSR count). The van der Waals surface area contributed by atoms with E-state index >= 15 is 0 Å². The van der Waals surface area contributed by atoms with Gasteiger partial charge in [-0.25, -0.2) is 0 Å². The van der Waals surface area contributed by atoms with E-state index in [1.54, 1.807) is 0 Å². The predicted molar refractivity (Wildman–Crippen MR) is 90.3 cm³/mol. The van der Waals surface area contributed by atoms with Gasteiger partial charge in [-0.05, 0) is 37.9 Å². The van der Waals surface area contributed by atoms with E-state index in [0.717, 1.165) is 57.2 Å². The zero-order chi connectivity index (χ0) is 16.1. The van der Waals surface area contributed by atoms with Crippen LogP contribution in [0.4, 0.5) is 0 Å². The van der Waals surface area contributed by atoms with E-state index in [1.165, 1.54) is 16.2 Å². The van der Waals surface area contributed by atoms with Crippen LogP contribution in [0.2, 0.25) is 0 Å². The summed E-state index contributed by atoms with van der Waals surface area (Å²) >= 11 is 1.87. The Balaban J connectivity index is 1.57. The lowest BCUT2D eigenvalue weighted by molar-refractivity contribution is 0.114. The molecule has 1 aliphatic rings. The molecule has 0 aliphatic carbocycles. The van der Waals surface area contributed by atoms with Crippen LogP contribution in [0.15, 0.2) is 16.7 Å². The molecule has 6 heteroatoms. The number of thiophene rings is 1. The largest absolute Gasteiger partial charge is 0.373 e. The normalized spacial score (nSPS) is 18.1. The third-order valence-electron chi connectivity index (χ3n) is 4.10. The van der Waals surface area contributed by atoms with E-state index in [-0.39, 0.29) is 0 Å². The fraction of sp³-hybridized carbons (Fsp3) is 0.647.